The van der Waals surface area contributed by atoms with Crippen molar-refractivity contribution in [3.8, 4) is 0 Å². The lowest BCUT2D eigenvalue weighted by atomic mass is 9.80. The molecule has 1 saturated carbocycles. The molecule has 1 saturated heterocycles. The molecule has 0 aromatic carbocycles. The summed E-state index contributed by atoms with van der Waals surface area (Å²) >= 11 is 3.71. The molecule has 0 aromatic rings. The lowest BCUT2D eigenvalue weighted by Gasteiger charge is -2.45. The van der Waals surface area contributed by atoms with Crippen LogP contribution in [-0.2, 0) is 14.0 Å². The first-order valence-electron chi connectivity index (χ1n) is 6.37. The van der Waals surface area contributed by atoms with Gasteiger partial charge in [0, 0.05) is 12.8 Å². The van der Waals surface area contributed by atoms with Crippen LogP contribution in [0.15, 0.2) is 0 Å². The van der Waals surface area contributed by atoms with E-state index < -0.39 is 13.9 Å². The Morgan fingerprint density at radius 3 is 2.65 bits per heavy atom. The maximum Gasteiger partial charge on any atom is 0.306 e. The van der Waals surface area contributed by atoms with E-state index in [1.165, 1.54) is 0 Å². The normalized spacial score (nSPS) is 38.5. The second kappa shape index (κ2) is 4.66. The zero-order chi connectivity index (χ0) is 12.7. The van der Waals surface area contributed by atoms with Gasteiger partial charge in [0.05, 0.1) is 10.9 Å². The Morgan fingerprint density at radius 2 is 2.12 bits per heavy atom. The van der Waals surface area contributed by atoms with Crippen LogP contribution in [0, 0.1) is 0 Å². The van der Waals surface area contributed by atoms with Gasteiger partial charge in [-0.2, -0.15) is 0 Å². The first kappa shape index (κ1) is 13.6. The molecule has 98 valence electrons. The highest BCUT2D eigenvalue weighted by Crippen LogP contribution is 2.45. The third kappa shape index (κ3) is 2.76. The van der Waals surface area contributed by atoms with Crippen LogP contribution < -0.4 is 0 Å². The number of hydrogen-bond acceptors (Lipinski definition) is 3. The number of carbonyl (C=O) groups is 1. The summed E-state index contributed by atoms with van der Waals surface area (Å²) in [6, 6.07) is 0. The Morgan fingerprint density at radius 1 is 1.41 bits per heavy atom. The Hall–Kier alpha value is 0.127. The maximum absolute atomic E-state index is 11.5. The molecule has 1 spiro atoms. The molecule has 5 heteroatoms. The average Bonchev–Trinajstić information content (AvgIpc) is 2.56. The SMILES string of the molecule is C[Si](C)(C)O[C@@H]1CCC[C@@H](Br)[C@@]12CCC(=O)O2. The van der Waals surface area contributed by atoms with E-state index in [2.05, 4.69) is 35.6 Å². The van der Waals surface area contributed by atoms with Crippen molar-refractivity contribution in [3.05, 3.63) is 0 Å². The van der Waals surface area contributed by atoms with E-state index >= 15 is 0 Å². The fraction of sp³-hybridized carbons (Fsp3) is 0.917. The van der Waals surface area contributed by atoms with Gasteiger partial charge in [0.15, 0.2) is 8.32 Å². The average molecular weight is 321 g/mol. The number of hydrogen-bond donors (Lipinski definition) is 0. The van der Waals surface area contributed by atoms with Gasteiger partial charge in [-0.05, 0) is 38.9 Å². The first-order valence-corrected chi connectivity index (χ1v) is 10.7. The predicted molar refractivity (Wildman–Crippen MR) is 72.8 cm³/mol. The lowest BCUT2D eigenvalue weighted by Crippen LogP contribution is -2.56. The van der Waals surface area contributed by atoms with E-state index in [4.69, 9.17) is 9.16 Å². The quantitative estimate of drug-likeness (QED) is 0.445. The van der Waals surface area contributed by atoms with Gasteiger partial charge in [-0.1, -0.05) is 15.9 Å². The molecule has 3 nitrogen and oxygen atoms in total. The topological polar surface area (TPSA) is 35.5 Å². The van der Waals surface area contributed by atoms with Gasteiger partial charge in [0.25, 0.3) is 0 Å². The molecule has 1 aliphatic heterocycles. The van der Waals surface area contributed by atoms with Crippen LogP contribution in [0.1, 0.15) is 32.1 Å². The molecule has 1 heterocycles. The van der Waals surface area contributed by atoms with Gasteiger partial charge in [-0.3, -0.25) is 4.79 Å². The zero-order valence-electron chi connectivity index (χ0n) is 10.8. The highest BCUT2D eigenvalue weighted by molar-refractivity contribution is 9.09. The summed E-state index contributed by atoms with van der Waals surface area (Å²) in [5.74, 6) is -0.0690. The van der Waals surface area contributed by atoms with Crippen molar-refractivity contribution >= 4 is 30.2 Å². The van der Waals surface area contributed by atoms with Crippen molar-refractivity contribution in [1.82, 2.24) is 0 Å². The second-order valence-electron chi connectivity index (χ2n) is 6.05. The monoisotopic (exact) mass is 320 g/mol. The molecule has 3 atom stereocenters. The van der Waals surface area contributed by atoms with Gasteiger partial charge in [0.1, 0.15) is 5.60 Å². The van der Waals surface area contributed by atoms with Crippen LogP contribution in [0.5, 0.6) is 0 Å². The minimum atomic E-state index is -1.60. The molecule has 0 amide bonds. The fourth-order valence-corrected chi connectivity index (χ4v) is 4.93. The van der Waals surface area contributed by atoms with Gasteiger partial charge in [-0.15, -0.1) is 0 Å². The van der Waals surface area contributed by atoms with E-state index in [-0.39, 0.29) is 16.9 Å². The molecule has 1 aliphatic carbocycles. The van der Waals surface area contributed by atoms with E-state index in [1.807, 2.05) is 0 Å². The predicted octanol–water partition coefficient (Wildman–Crippen LogP) is 3.23. The molecule has 0 unspecified atom stereocenters. The molecule has 2 aliphatic rings. The van der Waals surface area contributed by atoms with Gasteiger partial charge >= 0.3 is 5.97 Å². The molecule has 0 radical (unpaired) electrons. The van der Waals surface area contributed by atoms with Crippen LogP contribution >= 0.6 is 15.9 Å². The summed E-state index contributed by atoms with van der Waals surface area (Å²) in [6.45, 7) is 6.57. The molecular formula is C12H21BrO3Si. The fourth-order valence-electron chi connectivity index (χ4n) is 2.82. The lowest BCUT2D eigenvalue weighted by molar-refractivity contribution is -0.160. The number of esters is 1. The van der Waals surface area contributed by atoms with E-state index in [0.29, 0.717) is 6.42 Å². The number of alkyl halides is 1. The Bertz CT molecular complexity index is 315. The third-order valence-electron chi connectivity index (χ3n) is 3.52. The van der Waals surface area contributed by atoms with Gasteiger partial charge < -0.3 is 9.16 Å². The largest absolute Gasteiger partial charge is 0.455 e. The Labute approximate surface area is 113 Å². The van der Waals surface area contributed by atoms with Crippen molar-refractivity contribution in [2.45, 2.75) is 68.3 Å². The number of halogens is 1. The van der Waals surface area contributed by atoms with Gasteiger partial charge in [-0.25, -0.2) is 0 Å². The van der Waals surface area contributed by atoms with Crippen LogP contribution in [-0.4, -0.2) is 30.8 Å². The Kier molecular flexibility index (Phi) is 3.72. The molecule has 0 bridgehead atoms. The van der Waals surface area contributed by atoms with Crippen LogP contribution in [0.2, 0.25) is 19.6 Å². The van der Waals surface area contributed by atoms with Gasteiger partial charge in [0.2, 0.25) is 0 Å². The summed E-state index contributed by atoms with van der Waals surface area (Å²) in [6.07, 6.45) is 4.65. The molecule has 0 N–H and O–H groups in total. The minimum absolute atomic E-state index is 0.0690. The smallest absolute Gasteiger partial charge is 0.306 e. The van der Waals surface area contributed by atoms with Crippen molar-refractivity contribution in [2.75, 3.05) is 0 Å². The van der Waals surface area contributed by atoms with Crippen LogP contribution in [0.4, 0.5) is 0 Å². The Balaban J connectivity index is 2.20. The first-order chi connectivity index (χ1) is 7.83. The molecule has 0 aromatic heterocycles. The van der Waals surface area contributed by atoms with Crippen molar-refractivity contribution in [1.29, 1.82) is 0 Å². The molecular weight excluding hydrogens is 300 g/mol. The summed E-state index contributed by atoms with van der Waals surface area (Å²) in [7, 11) is -1.60. The summed E-state index contributed by atoms with van der Waals surface area (Å²) in [5, 5.41) is 0. The van der Waals surface area contributed by atoms with Crippen molar-refractivity contribution < 1.29 is 14.0 Å². The number of ether oxygens (including phenoxy) is 1. The number of rotatable bonds is 2. The van der Waals surface area contributed by atoms with Crippen LogP contribution in [0.25, 0.3) is 0 Å². The standard InChI is InChI=1S/C12H21BrO3Si/c1-17(2,3)16-10-6-4-5-9(13)12(10)8-7-11(14)15-12/h9-10H,4-8H2,1-3H3/t9-,10-,12+/m1/s1. The van der Waals surface area contributed by atoms with Crippen LogP contribution in [0.3, 0.4) is 0 Å². The third-order valence-corrected chi connectivity index (χ3v) is 5.74. The summed E-state index contributed by atoms with van der Waals surface area (Å²) < 4.78 is 11.9. The van der Waals surface area contributed by atoms with Crippen molar-refractivity contribution in [3.63, 3.8) is 0 Å². The highest BCUT2D eigenvalue weighted by Gasteiger charge is 2.54. The van der Waals surface area contributed by atoms with E-state index in [1.54, 1.807) is 0 Å². The summed E-state index contributed by atoms with van der Waals surface area (Å²) in [5.41, 5.74) is -0.393. The molecule has 2 rings (SSSR count). The van der Waals surface area contributed by atoms with E-state index in [0.717, 1.165) is 25.7 Å². The molecule has 17 heavy (non-hydrogen) atoms. The minimum Gasteiger partial charge on any atom is -0.455 e. The highest BCUT2D eigenvalue weighted by atomic mass is 79.9. The van der Waals surface area contributed by atoms with Crippen molar-refractivity contribution in [2.24, 2.45) is 0 Å². The summed E-state index contributed by atoms with van der Waals surface area (Å²) in [4.78, 5) is 11.7. The van der Waals surface area contributed by atoms with E-state index in [9.17, 15) is 4.79 Å². The zero-order valence-corrected chi connectivity index (χ0v) is 13.4. The second-order valence-corrected chi connectivity index (χ2v) is 11.6. The number of carbonyl (C=O) groups excluding carboxylic acids is 1. The maximum atomic E-state index is 11.5. The molecule has 2 fully saturated rings.